The van der Waals surface area contributed by atoms with Crippen molar-refractivity contribution in [1.82, 2.24) is 15.2 Å². The molecule has 1 heterocycles. The summed E-state index contributed by atoms with van der Waals surface area (Å²) >= 11 is 1.12. The minimum Gasteiger partial charge on any atom is -0.477 e. The highest BCUT2D eigenvalue weighted by molar-refractivity contribution is 7.13. The van der Waals surface area contributed by atoms with Crippen LogP contribution in [0.3, 0.4) is 0 Å². The van der Waals surface area contributed by atoms with Gasteiger partial charge in [0.2, 0.25) is 0 Å². The van der Waals surface area contributed by atoms with E-state index in [0.717, 1.165) is 24.2 Å². The lowest BCUT2D eigenvalue weighted by molar-refractivity contribution is 0.0701. The van der Waals surface area contributed by atoms with Crippen molar-refractivity contribution in [1.29, 1.82) is 0 Å². The number of carboxylic acid groups (broad SMARTS) is 1. The Morgan fingerprint density at radius 2 is 2.10 bits per heavy atom. The van der Waals surface area contributed by atoms with Gasteiger partial charge in [-0.15, -0.1) is 11.3 Å². The number of carboxylic acids is 1. The first kappa shape index (κ1) is 15.8. The number of aromatic carboxylic acids is 1. The number of urea groups is 1. The molecular formula is C14H21N3O3S. The molecule has 0 aromatic carbocycles. The van der Waals surface area contributed by atoms with Crippen molar-refractivity contribution < 1.29 is 14.7 Å². The highest BCUT2D eigenvalue weighted by Gasteiger charge is 2.25. The van der Waals surface area contributed by atoms with E-state index in [1.165, 1.54) is 12.8 Å². The fraction of sp³-hybridized carbons (Fsp3) is 0.643. The summed E-state index contributed by atoms with van der Waals surface area (Å²) in [4.78, 5) is 29.5. The lowest BCUT2D eigenvalue weighted by Gasteiger charge is -2.27. The number of rotatable bonds is 5. The van der Waals surface area contributed by atoms with Gasteiger partial charge in [-0.2, -0.15) is 0 Å². The second-order valence-corrected chi connectivity index (χ2v) is 6.29. The second kappa shape index (κ2) is 6.89. The molecule has 6 nitrogen and oxygen atoms in total. The van der Waals surface area contributed by atoms with E-state index in [9.17, 15) is 9.59 Å². The Labute approximate surface area is 128 Å². The van der Waals surface area contributed by atoms with E-state index in [2.05, 4.69) is 10.3 Å². The van der Waals surface area contributed by atoms with Gasteiger partial charge >= 0.3 is 12.0 Å². The minimum absolute atomic E-state index is 0.0888. The summed E-state index contributed by atoms with van der Waals surface area (Å²) in [6.07, 6.45) is 4.51. The maximum Gasteiger partial charge on any atom is 0.347 e. The van der Waals surface area contributed by atoms with Gasteiger partial charge in [0.05, 0.1) is 12.2 Å². The number of nitrogens with zero attached hydrogens (tertiary/aromatic N) is 2. The number of carbonyl (C=O) groups excluding carboxylic acids is 1. The van der Waals surface area contributed by atoms with Crippen LogP contribution in [0.4, 0.5) is 4.79 Å². The molecule has 1 aliphatic carbocycles. The van der Waals surface area contributed by atoms with E-state index in [0.29, 0.717) is 23.3 Å². The zero-order valence-corrected chi connectivity index (χ0v) is 13.2. The summed E-state index contributed by atoms with van der Waals surface area (Å²) in [6, 6.07) is 0.247. The van der Waals surface area contributed by atoms with Gasteiger partial charge in [-0.25, -0.2) is 14.6 Å². The molecule has 0 bridgehead atoms. The normalized spacial score (nSPS) is 15.1. The summed E-state index contributed by atoms with van der Waals surface area (Å²) in [5.41, 5.74) is 0.500. The van der Waals surface area contributed by atoms with Crippen LogP contribution in [-0.4, -0.2) is 39.6 Å². The van der Waals surface area contributed by atoms with Gasteiger partial charge in [-0.3, -0.25) is 0 Å². The number of aryl methyl sites for hydroxylation is 1. The van der Waals surface area contributed by atoms with Crippen LogP contribution in [0, 0.1) is 6.92 Å². The minimum atomic E-state index is -0.969. The van der Waals surface area contributed by atoms with Crippen molar-refractivity contribution in [3.05, 3.63) is 15.6 Å². The van der Waals surface area contributed by atoms with Crippen LogP contribution < -0.4 is 5.32 Å². The lowest BCUT2D eigenvalue weighted by Crippen LogP contribution is -2.44. The molecule has 2 amide bonds. The molecule has 21 heavy (non-hydrogen) atoms. The largest absolute Gasteiger partial charge is 0.477 e. The van der Waals surface area contributed by atoms with Gasteiger partial charge in [-0.1, -0.05) is 12.8 Å². The standard InChI is InChI=1S/C14H21N3O3S/c1-3-17(10-6-4-5-7-10)14(20)15-8-11-16-9(2)12(21-11)13(18)19/h10H,3-8H2,1-2H3,(H,15,20)(H,18,19). The van der Waals surface area contributed by atoms with Crippen molar-refractivity contribution >= 4 is 23.3 Å². The molecule has 0 unspecified atom stereocenters. The Hall–Kier alpha value is -1.63. The Morgan fingerprint density at radius 1 is 1.43 bits per heavy atom. The van der Waals surface area contributed by atoms with Gasteiger partial charge in [0.15, 0.2) is 0 Å². The molecule has 116 valence electrons. The number of thiazole rings is 1. The van der Waals surface area contributed by atoms with Crippen molar-refractivity contribution in [2.75, 3.05) is 6.54 Å². The number of hydrogen-bond donors (Lipinski definition) is 2. The molecule has 0 aliphatic heterocycles. The number of aromatic nitrogens is 1. The fourth-order valence-electron chi connectivity index (χ4n) is 2.76. The van der Waals surface area contributed by atoms with Gasteiger partial charge in [0.25, 0.3) is 0 Å². The molecule has 2 rings (SSSR count). The first-order valence-corrected chi connectivity index (χ1v) is 8.08. The molecule has 1 aromatic heterocycles. The average molecular weight is 311 g/mol. The fourth-order valence-corrected chi connectivity index (χ4v) is 3.61. The van der Waals surface area contributed by atoms with Crippen LogP contribution in [0.25, 0.3) is 0 Å². The maximum atomic E-state index is 12.2. The molecule has 7 heteroatoms. The summed E-state index contributed by atoms with van der Waals surface area (Å²) < 4.78 is 0. The van der Waals surface area contributed by atoms with Crippen LogP contribution >= 0.6 is 11.3 Å². The molecule has 0 saturated heterocycles. The van der Waals surface area contributed by atoms with E-state index in [1.54, 1.807) is 6.92 Å². The summed E-state index contributed by atoms with van der Waals surface area (Å²) in [7, 11) is 0. The molecule has 1 aromatic rings. The maximum absolute atomic E-state index is 12.2. The molecule has 0 radical (unpaired) electrons. The number of amides is 2. The van der Waals surface area contributed by atoms with Crippen LogP contribution in [0.15, 0.2) is 0 Å². The zero-order chi connectivity index (χ0) is 15.4. The van der Waals surface area contributed by atoms with E-state index < -0.39 is 5.97 Å². The first-order valence-electron chi connectivity index (χ1n) is 7.27. The van der Waals surface area contributed by atoms with Crippen LogP contribution in [0.1, 0.15) is 53.0 Å². The first-order chi connectivity index (χ1) is 10.0. The third-order valence-electron chi connectivity index (χ3n) is 3.79. The van der Waals surface area contributed by atoms with E-state index in [-0.39, 0.29) is 17.5 Å². The molecule has 0 atom stereocenters. The van der Waals surface area contributed by atoms with Crippen LogP contribution in [-0.2, 0) is 6.54 Å². The lowest BCUT2D eigenvalue weighted by atomic mass is 10.2. The third kappa shape index (κ3) is 3.72. The Kier molecular flexibility index (Phi) is 5.17. The van der Waals surface area contributed by atoms with Gasteiger partial charge in [0.1, 0.15) is 9.88 Å². The number of hydrogen-bond acceptors (Lipinski definition) is 4. The van der Waals surface area contributed by atoms with Crippen molar-refractivity contribution in [2.45, 2.75) is 52.1 Å². The van der Waals surface area contributed by atoms with Crippen LogP contribution in [0.2, 0.25) is 0 Å². The Bertz CT molecular complexity index is 524. The molecule has 1 aliphatic rings. The summed E-state index contributed by atoms with van der Waals surface area (Å²) in [6.45, 7) is 4.62. The summed E-state index contributed by atoms with van der Waals surface area (Å²) in [5.74, 6) is -0.969. The van der Waals surface area contributed by atoms with Gasteiger partial charge < -0.3 is 15.3 Å². The van der Waals surface area contributed by atoms with E-state index in [4.69, 9.17) is 5.11 Å². The van der Waals surface area contributed by atoms with Crippen LogP contribution in [0.5, 0.6) is 0 Å². The highest BCUT2D eigenvalue weighted by Crippen LogP contribution is 2.23. The predicted octanol–water partition coefficient (Wildman–Crippen LogP) is 2.62. The topological polar surface area (TPSA) is 82.5 Å². The molecular weight excluding hydrogens is 290 g/mol. The molecule has 0 spiro atoms. The number of nitrogens with one attached hydrogen (secondary N) is 1. The van der Waals surface area contributed by atoms with Gasteiger partial charge in [-0.05, 0) is 26.7 Å². The molecule has 2 N–H and O–H groups in total. The number of carbonyl (C=O) groups is 2. The molecule has 1 fully saturated rings. The third-order valence-corrected chi connectivity index (χ3v) is 4.94. The SMILES string of the molecule is CCN(C(=O)NCc1nc(C)c(C(=O)O)s1)C1CCCC1. The van der Waals surface area contributed by atoms with E-state index in [1.807, 2.05) is 11.8 Å². The monoisotopic (exact) mass is 311 g/mol. The Balaban J connectivity index is 1.93. The van der Waals surface area contributed by atoms with Crippen molar-refractivity contribution in [3.63, 3.8) is 0 Å². The van der Waals surface area contributed by atoms with Gasteiger partial charge in [0, 0.05) is 12.6 Å². The highest BCUT2D eigenvalue weighted by atomic mass is 32.1. The van der Waals surface area contributed by atoms with Crippen molar-refractivity contribution in [2.24, 2.45) is 0 Å². The molecule has 1 saturated carbocycles. The summed E-state index contributed by atoms with van der Waals surface area (Å²) in [5, 5.41) is 12.5. The zero-order valence-electron chi connectivity index (χ0n) is 12.4. The Morgan fingerprint density at radius 3 is 2.62 bits per heavy atom. The smallest absolute Gasteiger partial charge is 0.347 e. The predicted molar refractivity (Wildman–Crippen MR) is 80.7 cm³/mol. The quantitative estimate of drug-likeness (QED) is 0.875. The van der Waals surface area contributed by atoms with Crippen molar-refractivity contribution in [3.8, 4) is 0 Å². The second-order valence-electron chi connectivity index (χ2n) is 5.21. The van der Waals surface area contributed by atoms with E-state index >= 15 is 0 Å². The average Bonchev–Trinajstić information content (AvgIpc) is 3.07.